The molecule has 0 aliphatic heterocycles. The Balaban J connectivity index is 1.88. The molecule has 2 heterocycles. The first kappa shape index (κ1) is 26.4. The van der Waals surface area contributed by atoms with Gasteiger partial charge in [-0.2, -0.15) is 9.78 Å². The summed E-state index contributed by atoms with van der Waals surface area (Å²) in [7, 11) is 4.55. The molecule has 2 aromatic heterocycles. The molecule has 194 valence electrons. The number of ether oxygens (including phenoxy) is 3. The second-order valence-electron chi connectivity index (χ2n) is 7.70. The molecule has 3 aromatic rings. The van der Waals surface area contributed by atoms with Crippen LogP contribution in [0.3, 0.4) is 0 Å². The van der Waals surface area contributed by atoms with E-state index in [9.17, 15) is 4.79 Å². The number of hydrazone groups is 1. The van der Waals surface area contributed by atoms with Gasteiger partial charge in [-0.05, 0) is 48.4 Å². The largest absolute Gasteiger partial charge is 0.493 e. The number of rotatable bonds is 13. The van der Waals surface area contributed by atoms with Gasteiger partial charge in [0.15, 0.2) is 17.2 Å². The van der Waals surface area contributed by atoms with Gasteiger partial charge < -0.3 is 19.9 Å². The Hall–Kier alpha value is -4.20. The predicted octanol–water partition coefficient (Wildman–Crippen LogP) is 1.64. The quantitative estimate of drug-likeness (QED) is 0.258. The molecule has 0 unspecified atom stereocenters. The summed E-state index contributed by atoms with van der Waals surface area (Å²) in [6, 6.07) is 3.40. The number of anilines is 1. The molecule has 0 aliphatic rings. The van der Waals surface area contributed by atoms with Gasteiger partial charge >= 0.3 is 0 Å². The fraction of sp³-hybridized carbons (Fsp3) is 0.455. The Morgan fingerprint density at radius 2 is 1.81 bits per heavy atom. The van der Waals surface area contributed by atoms with Crippen LogP contribution in [0.15, 0.2) is 21.9 Å². The van der Waals surface area contributed by atoms with Crippen LogP contribution in [0.4, 0.5) is 5.82 Å². The Kier molecular flexibility index (Phi) is 9.16. The Labute approximate surface area is 208 Å². The first-order valence-electron chi connectivity index (χ1n) is 11.4. The topological polar surface area (TPSA) is 168 Å². The molecule has 14 heteroatoms. The highest BCUT2D eigenvalue weighted by molar-refractivity contribution is 5.94. The minimum atomic E-state index is -0.553. The number of carbonyl (C=O) groups is 1. The molecule has 3 N–H and O–H groups in total. The Morgan fingerprint density at radius 3 is 2.33 bits per heavy atom. The summed E-state index contributed by atoms with van der Waals surface area (Å²) in [4.78, 5) is 15.2. The van der Waals surface area contributed by atoms with E-state index in [1.807, 2.05) is 0 Å². The third-order valence-electron chi connectivity index (χ3n) is 5.19. The van der Waals surface area contributed by atoms with Crippen molar-refractivity contribution in [3.8, 4) is 23.1 Å². The number of nitrogens with one attached hydrogen (secondary N) is 1. The van der Waals surface area contributed by atoms with Gasteiger partial charge in [-0.25, -0.2) is 10.1 Å². The van der Waals surface area contributed by atoms with Crippen molar-refractivity contribution in [1.29, 1.82) is 0 Å². The highest BCUT2D eigenvalue weighted by Gasteiger charge is 2.25. The van der Waals surface area contributed by atoms with E-state index in [2.05, 4.69) is 49.9 Å². The van der Waals surface area contributed by atoms with Crippen LogP contribution in [0.1, 0.15) is 48.4 Å². The van der Waals surface area contributed by atoms with Crippen LogP contribution >= 0.6 is 0 Å². The Bertz CT molecular complexity index is 1160. The van der Waals surface area contributed by atoms with Crippen molar-refractivity contribution < 1.29 is 23.6 Å². The zero-order valence-corrected chi connectivity index (χ0v) is 21.0. The molecule has 0 fully saturated rings. The lowest BCUT2D eigenvalue weighted by Crippen LogP contribution is -2.28. The second-order valence-corrected chi connectivity index (χ2v) is 7.70. The molecular weight excluding hydrogens is 470 g/mol. The molecule has 0 spiro atoms. The maximum atomic E-state index is 13.0. The average Bonchev–Trinajstić information content (AvgIpc) is 3.49. The normalized spacial score (nSPS) is 11.3. The van der Waals surface area contributed by atoms with E-state index in [0.717, 1.165) is 25.9 Å². The van der Waals surface area contributed by atoms with Gasteiger partial charge in [0.1, 0.15) is 0 Å². The fourth-order valence-corrected chi connectivity index (χ4v) is 3.64. The number of hydrogen-bond donors (Lipinski definition) is 2. The number of amides is 1. The summed E-state index contributed by atoms with van der Waals surface area (Å²) < 4.78 is 22.1. The highest BCUT2D eigenvalue weighted by Crippen LogP contribution is 2.37. The summed E-state index contributed by atoms with van der Waals surface area (Å²) in [6.45, 7) is 6.21. The second kappa shape index (κ2) is 12.5. The van der Waals surface area contributed by atoms with Crippen molar-refractivity contribution in [1.82, 2.24) is 35.6 Å². The van der Waals surface area contributed by atoms with E-state index in [1.165, 1.54) is 32.2 Å². The maximum absolute atomic E-state index is 13.0. The molecular formula is C22H31N9O5. The van der Waals surface area contributed by atoms with Crippen LogP contribution < -0.4 is 25.4 Å². The highest BCUT2D eigenvalue weighted by atomic mass is 16.6. The van der Waals surface area contributed by atoms with E-state index >= 15 is 0 Å². The van der Waals surface area contributed by atoms with Crippen molar-refractivity contribution in [2.24, 2.45) is 5.10 Å². The zero-order valence-electron chi connectivity index (χ0n) is 21.0. The minimum absolute atomic E-state index is 0.0334. The van der Waals surface area contributed by atoms with Gasteiger partial charge in [-0.15, -0.1) is 5.10 Å². The molecule has 14 nitrogen and oxygen atoms in total. The monoisotopic (exact) mass is 501 g/mol. The van der Waals surface area contributed by atoms with Gasteiger partial charge in [0, 0.05) is 12.1 Å². The lowest BCUT2D eigenvalue weighted by molar-refractivity contribution is 0.0947. The minimum Gasteiger partial charge on any atom is -0.493 e. The number of benzene rings is 1. The average molecular weight is 502 g/mol. The van der Waals surface area contributed by atoms with E-state index in [-0.39, 0.29) is 17.3 Å². The van der Waals surface area contributed by atoms with Crippen LogP contribution in [0, 0.1) is 0 Å². The summed E-state index contributed by atoms with van der Waals surface area (Å²) in [6.07, 6.45) is 3.33. The number of carbonyl (C=O) groups excluding carboxylic acids is 1. The fourth-order valence-electron chi connectivity index (χ4n) is 3.64. The first-order chi connectivity index (χ1) is 17.5. The summed E-state index contributed by atoms with van der Waals surface area (Å²) >= 11 is 0. The van der Waals surface area contributed by atoms with Crippen LogP contribution in [-0.4, -0.2) is 76.7 Å². The molecule has 0 saturated carbocycles. The molecule has 3 rings (SSSR count). The smallest absolute Gasteiger partial charge is 0.293 e. The molecule has 0 atom stereocenters. The van der Waals surface area contributed by atoms with E-state index in [0.29, 0.717) is 35.1 Å². The molecule has 36 heavy (non-hydrogen) atoms. The Morgan fingerprint density at radius 1 is 1.14 bits per heavy atom. The van der Waals surface area contributed by atoms with Crippen molar-refractivity contribution in [2.75, 3.05) is 40.2 Å². The summed E-state index contributed by atoms with van der Waals surface area (Å²) in [5, 5.41) is 19.6. The van der Waals surface area contributed by atoms with Crippen LogP contribution in [-0.2, 0) is 6.54 Å². The third-order valence-corrected chi connectivity index (χ3v) is 5.19. The van der Waals surface area contributed by atoms with Gasteiger partial charge in [0.25, 0.3) is 5.91 Å². The molecule has 0 aliphatic carbocycles. The van der Waals surface area contributed by atoms with Crippen molar-refractivity contribution >= 4 is 17.9 Å². The van der Waals surface area contributed by atoms with Crippen molar-refractivity contribution in [2.45, 2.75) is 33.2 Å². The number of nitrogens with zero attached hydrogens (tertiary/aromatic N) is 7. The predicted molar refractivity (Wildman–Crippen MR) is 131 cm³/mol. The van der Waals surface area contributed by atoms with Gasteiger partial charge in [-0.1, -0.05) is 19.1 Å². The summed E-state index contributed by atoms with van der Waals surface area (Å²) in [5.41, 5.74) is 9.54. The van der Waals surface area contributed by atoms with Gasteiger partial charge in [-0.3, -0.25) is 9.69 Å². The van der Waals surface area contributed by atoms with Crippen LogP contribution in [0.5, 0.6) is 17.2 Å². The number of nitrogen functional groups attached to an aromatic ring is 1. The maximum Gasteiger partial charge on any atom is 0.293 e. The van der Waals surface area contributed by atoms with E-state index in [4.69, 9.17) is 24.6 Å². The summed E-state index contributed by atoms with van der Waals surface area (Å²) in [5.74, 6) is 1.01. The molecule has 0 radical (unpaired) electrons. The van der Waals surface area contributed by atoms with Crippen molar-refractivity contribution in [3.63, 3.8) is 0 Å². The first-order valence-corrected chi connectivity index (χ1v) is 11.4. The van der Waals surface area contributed by atoms with Gasteiger partial charge in [0.05, 0.1) is 33.2 Å². The number of nitrogens with two attached hydrogens (primary N) is 1. The molecule has 1 aromatic carbocycles. The van der Waals surface area contributed by atoms with Gasteiger partial charge in [0.2, 0.25) is 17.4 Å². The number of aromatic nitrogens is 5. The van der Waals surface area contributed by atoms with Crippen LogP contribution in [0.2, 0.25) is 0 Å². The number of methoxy groups -OCH3 is 3. The molecule has 0 saturated heterocycles. The molecule has 0 bridgehead atoms. The lowest BCUT2D eigenvalue weighted by Gasteiger charge is -2.21. The van der Waals surface area contributed by atoms with Crippen LogP contribution in [0.25, 0.3) is 5.82 Å². The van der Waals surface area contributed by atoms with E-state index in [1.54, 1.807) is 12.1 Å². The number of hydrogen-bond acceptors (Lipinski definition) is 12. The lowest BCUT2D eigenvalue weighted by atomic mass is 10.2. The zero-order chi connectivity index (χ0) is 26.1. The van der Waals surface area contributed by atoms with E-state index < -0.39 is 5.91 Å². The SMILES string of the molecule is CCCN(CCC)Cc1c(C(=O)NN=Cc2cc(OC)c(OC)c(OC)c2)nnn1-c1nonc1N. The van der Waals surface area contributed by atoms with Crippen molar-refractivity contribution in [3.05, 3.63) is 29.1 Å². The molecule has 1 amide bonds. The third kappa shape index (κ3) is 5.89. The standard InChI is InChI=1S/C22H31N9O5/c1-6-8-30(9-7-2)13-15-18(25-29-31(15)21-20(23)27-36-28-21)22(32)26-24-12-14-10-16(33-3)19(35-5)17(11-14)34-4/h10-12H,6-9,13H2,1-5H3,(H2,23,27)(H,26,32).